The van der Waals surface area contributed by atoms with Gasteiger partial charge >= 0.3 is 0 Å². The van der Waals surface area contributed by atoms with Crippen LogP contribution in [-0.2, 0) is 14.3 Å². The number of hydrogen-bond acceptors (Lipinski definition) is 6. The summed E-state index contributed by atoms with van der Waals surface area (Å²) in [5.74, 6) is -0.924. The van der Waals surface area contributed by atoms with E-state index in [1.54, 1.807) is 0 Å². The fourth-order valence-electron chi connectivity index (χ4n) is 2.49. The maximum atomic E-state index is 11.5. The highest BCUT2D eigenvalue weighted by Gasteiger charge is 2.34. The summed E-state index contributed by atoms with van der Waals surface area (Å²) in [7, 11) is 1.38. The Morgan fingerprint density at radius 1 is 1.14 bits per heavy atom. The molecular formula is C16H14O6. The first-order valence-electron chi connectivity index (χ1n) is 6.61. The maximum absolute atomic E-state index is 11.5. The van der Waals surface area contributed by atoms with Gasteiger partial charge in [0.25, 0.3) is 0 Å². The minimum atomic E-state index is -0.645. The third-order valence-electron chi connectivity index (χ3n) is 3.58. The molecule has 3 N–H and O–H groups in total. The number of rotatable bonds is 1. The lowest BCUT2D eigenvalue weighted by Crippen LogP contribution is -2.30. The Labute approximate surface area is 126 Å². The van der Waals surface area contributed by atoms with Crippen molar-refractivity contribution in [3.05, 3.63) is 70.8 Å². The van der Waals surface area contributed by atoms with E-state index >= 15 is 0 Å². The van der Waals surface area contributed by atoms with Crippen LogP contribution in [0, 0.1) is 5.92 Å². The van der Waals surface area contributed by atoms with Crippen LogP contribution in [0.15, 0.2) is 70.8 Å². The predicted molar refractivity (Wildman–Crippen MR) is 76.8 cm³/mol. The largest absolute Gasteiger partial charge is 0.511 e. The van der Waals surface area contributed by atoms with E-state index in [1.165, 1.54) is 43.6 Å². The number of carbonyl (C=O) groups excluding carboxylic acids is 1. The van der Waals surface area contributed by atoms with Gasteiger partial charge in [0.15, 0.2) is 17.3 Å². The van der Waals surface area contributed by atoms with Crippen LogP contribution in [0.3, 0.4) is 0 Å². The van der Waals surface area contributed by atoms with E-state index in [4.69, 9.17) is 9.47 Å². The van der Waals surface area contributed by atoms with Crippen molar-refractivity contribution in [2.24, 2.45) is 5.92 Å². The van der Waals surface area contributed by atoms with Crippen molar-refractivity contribution in [1.82, 2.24) is 0 Å². The van der Waals surface area contributed by atoms with Gasteiger partial charge in [-0.15, -0.1) is 0 Å². The van der Waals surface area contributed by atoms with Crippen LogP contribution in [0.1, 0.15) is 0 Å². The highest BCUT2D eigenvalue weighted by atomic mass is 16.5. The molecule has 0 aromatic rings. The summed E-state index contributed by atoms with van der Waals surface area (Å²) in [6, 6.07) is 0. The first-order chi connectivity index (χ1) is 10.5. The van der Waals surface area contributed by atoms with E-state index in [1.807, 2.05) is 0 Å². The second-order valence-electron chi connectivity index (χ2n) is 5.02. The van der Waals surface area contributed by atoms with Crippen LogP contribution in [0.5, 0.6) is 0 Å². The number of ether oxygens (including phenoxy) is 2. The van der Waals surface area contributed by atoms with E-state index in [9.17, 15) is 20.1 Å². The molecule has 2 atom stereocenters. The molecular weight excluding hydrogens is 288 g/mol. The molecule has 3 aliphatic rings. The molecule has 0 amide bonds. The van der Waals surface area contributed by atoms with Gasteiger partial charge in [-0.25, -0.2) is 0 Å². The number of methoxy groups -OCH3 is 1. The molecule has 6 nitrogen and oxygen atoms in total. The Morgan fingerprint density at radius 2 is 1.91 bits per heavy atom. The zero-order valence-electron chi connectivity index (χ0n) is 11.7. The van der Waals surface area contributed by atoms with Crippen molar-refractivity contribution in [3.63, 3.8) is 0 Å². The molecule has 0 fully saturated rings. The standard InChI is InChI=1S/C16H14O6/c1-21-15-4-8(2-3-11(15)18)16-13(20)7-10-12(19)5-9(17)6-14(10)22-16/h2-7,10,14,17,19-20H,1H3/b16-8-. The van der Waals surface area contributed by atoms with Crippen LogP contribution in [0.25, 0.3) is 0 Å². The molecule has 6 heteroatoms. The van der Waals surface area contributed by atoms with Crippen LogP contribution in [0.4, 0.5) is 0 Å². The fraction of sp³-hybridized carbons (Fsp3) is 0.188. The van der Waals surface area contributed by atoms with Crippen molar-refractivity contribution >= 4 is 5.78 Å². The average molecular weight is 302 g/mol. The van der Waals surface area contributed by atoms with E-state index in [2.05, 4.69) is 0 Å². The average Bonchev–Trinajstić information content (AvgIpc) is 2.48. The van der Waals surface area contributed by atoms with Gasteiger partial charge in [0.05, 0.1) is 13.0 Å². The number of ketones is 1. The second kappa shape index (κ2) is 5.14. The van der Waals surface area contributed by atoms with E-state index < -0.39 is 12.0 Å². The van der Waals surface area contributed by atoms with Gasteiger partial charge in [-0.05, 0) is 30.4 Å². The molecule has 0 aromatic heterocycles. The van der Waals surface area contributed by atoms with Crippen molar-refractivity contribution in [2.75, 3.05) is 7.11 Å². The minimum absolute atomic E-state index is 0.0944. The molecule has 0 radical (unpaired) electrons. The summed E-state index contributed by atoms with van der Waals surface area (Å²) in [6.45, 7) is 0. The Kier molecular flexibility index (Phi) is 3.29. The maximum Gasteiger partial charge on any atom is 0.220 e. The lowest BCUT2D eigenvalue weighted by molar-refractivity contribution is -0.114. The summed E-state index contributed by atoms with van der Waals surface area (Å²) >= 11 is 0. The Hall–Kier alpha value is -2.89. The SMILES string of the molecule is COC1=C/C(=C2\OC3C=C(O)C=C(O)C3C=C2O)C=CC1=O. The third kappa shape index (κ3) is 2.28. The smallest absolute Gasteiger partial charge is 0.220 e. The fourth-order valence-corrected chi connectivity index (χ4v) is 2.49. The van der Waals surface area contributed by atoms with E-state index in [-0.39, 0.29) is 34.6 Å². The van der Waals surface area contributed by atoms with E-state index in [0.29, 0.717) is 5.57 Å². The molecule has 22 heavy (non-hydrogen) atoms. The van der Waals surface area contributed by atoms with Crippen LogP contribution in [0.2, 0.25) is 0 Å². The second-order valence-corrected chi connectivity index (χ2v) is 5.02. The normalized spacial score (nSPS) is 30.5. The molecule has 114 valence electrons. The molecule has 0 saturated heterocycles. The molecule has 2 aliphatic carbocycles. The number of hydrogen-bond donors (Lipinski definition) is 3. The lowest BCUT2D eigenvalue weighted by Gasteiger charge is -2.31. The number of aliphatic hydroxyl groups is 3. The van der Waals surface area contributed by atoms with Gasteiger partial charge in [0.1, 0.15) is 17.6 Å². The number of carbonyl (C=O) groups is 1. The first kappa shape index (κ1) is 14.1. The topological polar surface area (TPSA) is 96.2 Å². The summed E-state index contributed by atoms with van der Waals surface area (Å²) in [5.41, 5.74) is 0.464. The predicted octanol–water partition coefficient (Wildman–Crippen LogP) is 2.26. The number of allylic oxidation sites excluding steroid dienone is 5. The molecule has 0 bridgehead atoms. The highest BCUT2D eigenvalue weighted by Crippen LogP contribution is 2.36. The lowest BCUT2D eigenvalue weighted by atomic mass is 9.90. The molecule has 0 saturated carbocycles. The van der Waals surface area contributed by atoms with Crippen molar-refractivity contribution in [3.8, 4) is 0 Å². The van der Waals surface area contributed by atoms with Gasteiger partial charge in [-0.1, -0.05) is 0 Å². The Morgan fingerprint density at radius 3 is 2.64 bits per heavy atom. The molecule has 0 aromatic carbocycles. The molecule has 3 rings (SSSR count). The highest BCUT2D eigenvalue weighted by molar-refractivity contribution is 6.04. The quantitative estimate of drug-likeness (QED) is 0.687. The van der Waals surface area contributed by atoms with Gasteiger partial charge in [0.2, 0.25) is 5.78 Å². The van der Waals surface area contributed by atoms with Gasteiger partial charge in [0, 0.05) is 11.6 Å². The zero-order chi connectivity index (χ0) is 15.9. The summed E-state index contributed by atoms with van der Waals surface area (Å²) in [5, 5.41) is 29.5. The van der Waals surface area contributed by atoms with Crippen molar-refractivity contribution in [2.45, 2.75) is 6.10 Å². The van der Waals surface area contributed by atoms with Gasteiger partial charge in [-0.2, -0.15) is 0 Å². The Balaban J connectivity index is 2.04. The molecule has 2 unspecified atom stereocenters. The third-order valence-corrected chi connectivity index (χ3v) is 3.58. The number of fused-ring (bicyclic) bond motifs is 1. The first-order valence-corrected chi connectivity index (χ1v) is 6.61. The van der Waals surface area contributed by atoms with Crippen LogP contribution >= 0.6 is 0 Å². The summed E-state index contributed by atoms with van der Waals surface area (Å²) < 4.78 is 10.6. The van der Waals surface area contributed by atoms with Gasteiger partial charge < -0.3 is 24.8 Å². The summed E-state index contributed by atoms with van der Waals surface area (Å²) in [6.07, 6.45) is 7.72. The number of aliphatic hydroxyl groups excluding tert-OH is 3. The monoisotopic (exact) mass is 302 g/mol. The minimum Gasteiger partial charge on any atom is -0.511 e. The zero-order valence-corrected chi connectivity index (χ0v) is 11.7. The van der Waals surface area contributed by atoms with Crippen molar-refractivity contribution in [1.29, 1.82) is 0 Å². The van der Waals surface area contributed by atoms with E-state index in [0.717, 1.165) is 0 Å². The molecule has 1 heterocycles. The van der Waals surface area contributed by atoms with Crippen LogP contribution in [-0.4, -0.2) is 34.3 Å². The Bertz CT molecular complexity index is 717. The van der Waals surface area contributed by atoms with Gasteiger partial charge in [-0.3, -0.25) is 4.79 Å². The summed E-state index contributed by atoms with van der Waals surface area (Å²) in [4.78, 5) is 11.5. The van der Waals surface area contributed by atoms with Crippen LogP contribution < -0.4 is 0 Å². The van der Waals surface area contributed by atoms with Crippen molar-refractivity contribution < 1.29 is 29.6 Å². The molecule has 1 aliphatic heterocycles. The molecule has 0 spiro atoms.